The van der Waals surface area contributed by atoms with Crippen LogP contribution in [0.15, 0.2) is 24.3 Å². The fraction of sp³-hybridized carbons (Fsp3) is 0.500. The van der Waals surface area contributed by atoms with Gasteiger partial charge in [0, 0.05) is 25.6 Å². The molecule has 0 spiro atoms. The van der Waals surface area contributed by atoms with Crippen LogP contribution in [0.4, 0.5) is 0 Å². The number of piperidine rings is 1. The van der Waals surface area contributed by atoms with Gasteiger partial charge in [0.1, 0.15) is 0 Å². The first-order chi connectivity index (χ1) is 11.5. The topological polar surface area (TPSA) is 86.7 Å². The molecule has 24 heavy (non-hydrogen) atoms. The van der Waals surface area contributed by atoms with Gasteiger partial charge in [-0.2, -0.15) is 0 Å². The van der Waals surface area contributed by atoms with Gasteiger partial charge in [-0.3, -0.25) is 9.59 Å². The second kappa shape index (κ2) is 7.03. The predicted octanol–water partition coefficient (Wildman–Crippen LogP) is 1.65. The highest BCUT2D eigenvalue weighted by atomic mass is 16.4. The lowest BCUT2D eigenvalue weighted by Crippen LogP contribution is -2.45. The van der Waals surface area contributed by atoms with E-state index in [2.05, 4.69) is 5.32 Å². The fourth-order valence-corrected chi connectivity index (χ4v) is 3.13. The van der Waals surface area contributed by atoms with Crippen LogP contribution in [0.5, 0.6) is 0 Å². The standard InChI is InChI=1S/C18H22N2O4/c21-16(19-10-12-3-1-4-14(9-12)18(23)24)15-5-2-8-20(11-15)17(22)13-6-7-13/h1,3-4,9,13,15H,2,5-8,10-11H2,(H,19,21)(H,23,24). The monoisotopic (exact) mass is 330 g/mol. The maximum Gasteiger partial charge on any atom is 0.335 e. The highest BCUT2D eigenvalue weighted by molar-refractivity contribution is 5.87. The molecule has 2 fully saturated rings. The van der Waals surface area contributed by atoms with E-state index in [-0.39, 0.29) is 29.2 Å². The number of hydrogen-bond acceptors (Lipinski definition) is 3. The number of rotatable bonds is 5. The summed E-state index contributed by atoms with van der Waals surface area (Å²) < 4.78 is 0. The van der Waals surface area contributed by atoms with Gasteiger partial charge in [0.15, 0.2) is 0 Å². The van der Waals surface area contributed by atoms with Crippen molar-refractivity contribution in [3.05, 3.63) is 35.4 Å². The number of carbonyl (C=O) groups excluding carboxylic acids is 2. The summed E-state index contributed by atoms with van der Waals surface area (Å²) in [5.74, 6) is -0.843. The van der Waals surface area contributed by atoms with E-state index in [0.29, 0.717) is 13.1 Å². The van der Waals surface area contributed by atoms with Crippen LogP contribution in [-0.2, 0) is 16.1 Å². The number of likely N-dealkylation sites (tertiary alicyclic amines) is 1. The summed E-state index contributed by atoms with van der Waals surface area (Å²) in [4.78, 5) is 37.3. The minimum atomic E-state index is -0.982. The molecule has 1 saturated heterocycles. The molecule has 1 unspecified atom stereocenters. The van der Waals surface area contributed by atoms with Gasteiger partial charge in [0.2, 0.25) is 11.8 Å². The Labute approximate surface area is 140 Å². The molecule has 0 aromatic heterocycles. The number of amides is 2. The number of hydrogen-bond donors (Lipinski definition) is 2. The smallest absolute Gasteiger partial charge is 0.335 e. The number of carboxylic acids is 1. The van der Waals surface area contributed by atoms with Crippen molar-refractivity contribution in [1.82, 2.24) is 10.2 Å². The summed E-state index contributed by atoms with van der Waals surface area (Å²) in [6, 6.07) is 6.54. The minimum absolute atomic E-state index is 0.0657. The summed E-state index contributed by atoms with van der Waals surface area (Å²) in [6.45, 7) is 1.54. The van der Waals surface area contributed by atoms with Gasteiger partial charge in [0.05, 0.1) is 11.5 Å². The van der Waals surface area contributed by atoms with E-state index in [1.165, 1.54) is 6.07 Å². The first kappa shape index (κ1) is 16.5. The zero-order valence-corrected chi connectivity index (χ0v) is 13.5. The number of nitrogens with one attached hydrogen (secondary N) is 1. The molecule has 1 aromatic carbocycles. The SMILES string of the molecule is O=C(O)c1cccc(CNC(=O)C2CCCN(C(=O)C3CC3)C2)c1. The fourth-order valence-electron chi connectivity index (χ4n) is 3.13. The molecule has 0 bridgehead atoms. The van der Waals surface area contributed by atoms with Crippen LogP contribution in [-0.4, -0.2) is 40.9 Å². The number of benzene rings is 1. The zero-order valence-electron chi connectivity index (χ0n) is 13.5. The molecule has 2 amide bonds. The Hall–Kier alpha value is -2.37. The van der Waals surface area contributed by atoms with E-state index < -0.39 is 5.97 Å². The Morgan fingerprint density at radius 2 is 1.96 bits per heavy atom. The van der Waals surface area contributed by atoms with E-state index in [9.17, 15) is 14.4 Å². The van der Waals surface area contributed by atoms with Gasteiger partial charge in [-0.05, 0) is 43.4 Å². The van der Waals surface area contributed by atoms with Crippen molar-refractivity contribution in [2.75, 3.05) is 13.1 Å². The second-order valence-corrected chi connectivity index (χ2v) is 6.62. The van der Waals surface area contributed by atoms with Crippen LogP contribution >= 0.6 is 0 Å². The van der Waals surface area contributed by atoms with Crippen molar-refractivity contribution < 1.29 is 19.5 Å². The molecule has 6 nitrogen and oxygen atoms in total. The lowest BCUT2D eigenvalue weighted by molar-refractivity contribution is -0.136. The normalized spacial score (nSPS) is 20.5. The molecule has 2 N–H and O–H groups in total. The Morgan fingerprint density at radius 3 is 2.67 bits per heavy atom. The van der Waals surface area contributed by atoms with E-state index in [1.807, 2.05) is 4.90 Å². The van der Waals surface area contributed by atoms with Gasteiger partial charge in [-0.15, -0.1) is 0 Å². The van der Waals surface area contributed by atoms with Gasteiger partial charge >= 0.3 is 5.97 Å². The molecule has 2 aliphatic rings. The first-order valence-electron chi connectivity index (χ1n) is 8.43. The Morgan fingerprint density at radius 1 is 1.17 bits per heavy atom. The molecule has 1 aromatic rings. The highest BCUT2D eigenvalue weighted by Crippen LogP contribution is 2.32. The third-order valence-corrected chi connectivity index (χ3v) is 4.67. The first-order valence-corrected chi connectivity index (χ1v) is 8.43. The van der Waals surface area contributed by atoms with Crippen molar-refractivity contribution in [1.29, 1.82) is 0 Å². The van der Waals surface area contributed by atoms with Crippen molar-refractivity contribution in [2.45, 2.75) is 32.2 Å². The summed E-state index contributed by atoms with van der Waals surface area (Å²) >= 11 is 0. The molecule has 1 aliphatic carbocycles. The Kier molecular flexibility index (Phi) is 4.83. The van der Waals surface area contributed by atoms with Crippen LogP contribution in [0, 0.1) is 11.8 Å². The molecule has 1 aliphatic heterocycles. The third kappa shape index (κ3) is 3.93. The minimum Gasteiger partial charge on any atom is -0.478 e. The summed E-state index contributed by atoms with van der Waals surface area (Å²) in [5, 5.41) is 11.9. The zero-order chi connectivity index (χ0) is 17.1. The largest absolute Gasteiger partial charge is 0.478 e. The summed E-state index contributed by atoms with van der Waals surface area (Å²) in [6.07, 6.45) is 3.60. The second-order valence-electron chi connectivity index (χ2n) is 6.62. The van der Waals surface area contributed by atoms with Crippen molar-refractivity contribution in [2.24, 2.45) is 11.8 Å². The van der Waals surface area contributed by atoms with Crippen molar-refractivity contribution in [3.63, 3.8) is 0 Å². The molecule has 128 valence electrons. The molecule has 6 heteroatoms. The predicted molar refractivity (Wildman–Crippen MR) is 87.3 cm³/mol. The maximum absolute atomic E-state index is 12.4. The molecule has 3 rings (SSSR count). The number of carboxylic acid groups (broad SMARTS) is 1. The molecule has 1 saturated carbocycles. The Bertz CT molecular complexity index is 654. The van der Waals surface area contributed by atoms with E-state index in [1.54, 1.807) is 18.2 Å². The lowest BCUT2D eigenvalue weighted by atomic mass is 9.96. The molecular weight excluding hydrogens is 308 g/mol. The van der Waals surface area contributed by atoms with Crippen LogP contribution in [0.1, 0.15) is 41.6 Å². The molecule has 1 heterocycles. The average Bonchev–Trinajstić information content (AvgIpc) is 3.44. The van der Waals surface area contributed by atoms with Crippen molar-refractivity contribution >= 4 is 17.8 Å². The number of carbonyl (C=O) groups is 3. The lowest BCUT2D eigenvalue weighted by Gasteiger charge is -2.32. The van der Waals surface area contributed by atoms with Gasteiger partial charge in [-0.25, -0.2) is 4.79 Å². The van der Waals surface area contributed by atoms with Crippen LogP contribution in [0.2, 0.25) is 0 Å². The van der Waals surface area contributed by atoms with Gasteiger partial charge in [-0.1, -0.05) is 12.1 Å². The number of nitrogens with zero attached hydrogens (tertiary/aromatic N) is 1. The highest BCUT2D eigenvalue weighted by Gasteiger charge is 2.36. The third-order valence-electron chi connectivity index (χ3n) is 4.67. The summed E-state index contributed by atoms with van der Waals surface area (Å²) in [5.41, 5.74) is 0.964. The quantitative estimate of drug-likeness (QED) is 0.859. The molecule has 1 atom stereocenters. The van der Waals surface area contributed by atoms with Gasteiger partial charge < -0.3 is 15.3 Å². The van der Waals surface area contributed by atoms with E-state index in [4.69, 9.17) is 5.11 Å². The number of aromatic carboxylic acids is 1. The average molecular weight is 330 g/mol. The van der Waals surface area contributed by atoms with Crippen LogP contribution in [0.25, 0.3) is 0 Å². The van der Waals surface area contributed by atoms with E-state index >= 15 is 0 Å². The van der Waals surface area contributed by atoms with Gasteiger partial charge in [0.25, 0.3) is 0 Å². The maximum atomic E-state index is 12.4. The summed E-state index contributed by atoms with van der Waals surface area (Å²) in [7, 11) is 0. The molecular formula is C18H22N2O4. The Balaban J connectivity index is 1.53. The molecule has 0 radical (unpaired) electrons. The van der Waals surface area contributed by atoms with Crippen LogP contribution in [0.3, 0.4) is 0 Å². The van der Waals surface area contributed by atoms with E-state index in [0.717, 1.165) is 37.8 Å². The van der Waals surface area contributed by atoms with Crippen molar-refractivity contribution in [3.8, 4) is 0 Å². The van der Waals surface area contributed by atoms with Crippen LogP contribution < -0.4 is 5.32 Å².